The first-order valence-corrected chi connectivity index (χ1v) is 11.7. The minimum absolute atomic E-state index is 0. The third kappa shape index (κ3) is 8.57. The van der Waals surface area contributed by atoms with Gasteiger partial charge in [0.15, 0.2) is 5.96 Å². The van der Waals surface area contributed by atoms with Gasteiger partial charge >= 0.3 is 0 Å². The number of aryl methyl sites for hydroxylation is 1. The summed E-state index contributed by atoms with van der Waals surface area (Å²) in [5.41, 5.74) is 1.34. The fraction of sp³-hybridized carbons (Fsp3) is 0.609. The average molecular weight is 555 g/mol. The third-order valence-electron chi connectivity index (χ3n) is 5.65. The normalized spacial score (nSPS) is 14.8. The predicted octanol–water partition coefficient (Wildman–Crippen LogP) is 2.62. The Morgan fingerprint density at radius 2 is 1.78 bits per heavy atom. The summed E-state index contributed by atoms with van der Waals surface area (Å²) in [5, 5.41) is 14.9. The van der Waals surface area contributed by atoms with Gasteiger partial charge in [-0.1, -0.05) is 25.1 Å². The summed E-state index contributed by atoms with van der Waals surface area (Å²) in [4.78, 5) is 9.80. The lowest BCUT2D eigenvalue weighted by Gasteiger charge is -2.36. The number of halogens is 1. The van der Waals surface area contributed by atoms with Gasteiger partial charge in [-0.05, 0) is 38.4 Å². The van der Waals surface area contributed by atoms with Crippen LogP contribution in [0.3, 0.4) is 0 Å². The molecule has 2 heterocycles. The summed E-state index contributed by atoms with van der Waals surface area (Å²) in [6.07, 6.45) is 5.00. The number of rotatable bonds is 11. The molecule has 0 aliphatic carbocycles. The second-order valence-electron chi connectivity index (χ2n) is 7.85. The van der Waals surface area contributed by atoms with Gasteiger partial charge in [0.05, 0.1) is 0 Å². The monoisotopic (exact) mass is 554 g/mol. The number of aromatic nitrogens is 3. The summed E-state index contributed by atoms with van der Waals surface area (Å²) in [6, 6.07) is 10.7. The molecular formula is C23H39IN8. The molecule has 1 aliphatic heterocycles. The second-order valence-corrected chi connectivity index (χ2v) is 7.85. The second kappa shape index (κ2) is 15.0. The minimum atomic E-state index is 0. The minimum Gasteiger partial charge on any atom is -0.369 e. The Morgan fingerprint density at radius 1 is 1.00 bits per heavy atom. The summed E-state index contributed by atoms with van der Waals surface area (Å²) >= 11 is 0. The zero-order valence-corrected chi connectivity index (χ0v) is 21.9. The van der Waals surface area contributed by atoms with Crippen molar-refractivity contribution in [2.75, 3.05) is 57.3 Å². The summed E-state index contributed by atoms with van der Waals surface area (Å²) in [6.45, 7) is 13.2. The van der Waals surface area contributed by atoms with Crippen molar-refractivity contribution in [3.8, 4) is 0 Å². The van der Waals surface area contributed by atoms with Gasteiger partial charge in [-0.15, -0.1) is 34.2 Å². The highest BCUT2D eigenvalue weighted by molar-refractivity contribution is 14.0. The fourth-order valence-corrected chi connectivity index (χ4v) is 3.88. The van der Waals surface area contributed by atoms with Crippen LogP contribution in [0.5, 0.6) is 0 Å². The Labute approximate surface area is 209 Å². The zero-order valence-electron chi connectivity index (χ0n) is 19.5. The maximum absolute atomic E-state index is 4.74. The molecule has 0 unspecified atom stereocenters. The molecule has 1 aromatic carbocycles. The van der Waals surface area contributed by atoms with Gasteiger partial charge in [0.25, 0.3) is 0 Å². The smallest absolute Gasteiger partial charge is 0.191 e. The van der Waals surface area contributed by atoms with Crippen molar-refractivity contribution < 1.29 is 0 Å². The molecule has 1 aliphatic rings. The molecule has 8 nitrogen and oxygen atoms in total. The molecule has 1 saturated heterocycles. The van der Waals surface area contributed by atoms with Gasteiger partial charge in [0, 0.05) is 64.5 Å². The van der Waals surface area contributed by atoms with Gasteiger partial charge in [-0.25, -0.2) is 0 Å². The van der Waals surface area contributed by atoms with Crippen LogP contribution in [0.15, 0.2) is 41.7 Å². The Morgan fingerprint density at radius 3 is 2.50 bits per heavy atom. The van der Waals surface area contributed by atoms with Gasteiger partial charge in [0.2, 0.25) is 0 Å². The van der Waals surface area contributed by atoms with E-state index in [4.69, 9.17) is 4.99 Å². The van der Waals surface area contributed by atoms with Gasteiger partial charge < -0.3 is 20.1 Å². The molecule has 0 bridgehead atoms. The lowest BCUT2D eigenvalue weighted by Crippen LogP contribution is -2.46. The number of nitrogens with one attached hydrogen (secondary N) is 2. The first-order valence-electron chi connectivity index (χ1n) is 11.7. The van der Waals surface area contributed by atoms with E-state index in [9.17, 15) is 0 Å². The highest BCUT2D eigenvalue weighted by Gasteiger charge is 2.16. The van der Waals surface area contributed by atoms with Crippen molar-refractivity contribution in [2.24, 2.45) is 4.99 Å². The van der Waals surface area contributed by atoms with E-state index in [1.807, 2.05) is 0 Å². The maximum atomic E-state index is 4.74. The lowest BCUT2D eigenvalue weighted by atomic mass is 10.2. The number of nitrogens with zero attached hydrogens (tertiary/aromatic N) is 6. The van der Waals surface area contributed by atoms with Crippen molar-refractivity contribution in [2.45, 2.75) is 39.7 Å². The number of aliphatic imine (C=N–C) groups is 1. The van der Waals surface area contributed by atoms with Crippen molar-refractivity contribution in [3.63, 3.8) is 0 Å². The van der Waals surface area contributed by atoms with E-state index in [1.54, 1.807) is 6.33 Å². The molecule has 0 atom stereocenters. The van der Waals surface area contributed by atoms with Gasteiger partial charge in [-0.2, -0.15) is 0 Å². The van der Waals surface area contributed by atoms with E-state index in [2.05, 4.69) is 79.4 Å². The number of unbranched alkanes of at least 4 members (excludes halogenated alkanes) is 1. The van der Waals surface area contributed by atoms with E-state index in [0.29, 0.717) is 0 Å². The van der Waals surface area contributed by atoms with Crippen LogP contribution in [0.1, 0.15) is 32.5 Å². The van der Waals surface area contributed by atoms with Crippen LogP contribution in [0.2, 0.25) is 0 Å². The predicted molar refractivity (Wildman–Crippen MR) is 143 cm³/mol. The number of anilines is 1. The Bertz CT molecular complexity index is 771. The van der Waals surface area contributed by atoms with E-state index in [0.717, 1.165) is 83.5 Å². The molecule has 0 amide bonds. The largest absolute Gasteiger partial charge is 0.369 e. The Balaban J connectivity index is 0.00000363. The molecule has 2 N–H and O–H groups in total. The molecule has 0 radical (unpaired) electrons. The quantitative estimate of drug-likeness (QED) is 0.193. The maximum Gasteiger partial charge on any atom is 0.191 e. The number of hydrogen-bond donors (Lipinski definition) is 2. The van der Waals surface area contributed by atoms with E-state index in [-0.39, 0.29) is 24.0 Å². The van der Waals surface area contributed by atoms with Crippen LogP contribution in [0.4, 0.5) is 5.69 Å². The van der Waals surface area contributed by atoms with E-state index in [1.165, 1.54) is 12.1 Å². The van der Waals surface area contributed by atoms with Crippen molar-refractivity contribution >= 4 is 35.6 Å². The van der Waals surface area contributed by atoms with Crippen molar-refractivity contribution in [3.05, 3.63) is 42.5 Å². The lowest BCUT2D eigenvalue weighted by molar-refractivity contribution is 0.253. The molecule has 9 heteroatoms. The summed E-state index contributed by atoms with van der Waals surface area (Å²) < 4.78 is 2.09. The van der Waals surface area contributed by atoms with E-state index >= 15 is 0 Å². The number of para-hydroxylation sites is 1. The molecular weight excluding hydrogens is 515 g/mol. The summed E-state index contributed by atoms with van der Waals surface area (Å²) in [5.74, 6) is 1.92. The molecule has 2 aromatic rings. The number of hydrogen-bond acceptors (Lipinski definition) is 5. The summed E-state index contributed by atoms with van der Waals surface area (Å²) in [7, 11) is 0. The van der Waals surface area contributed by atoms with Crippen molar-refractivity contribution in [1.82, 2.24) is 30.3 Å². The molecule has 1 aromatic heterocycles. The molecule has 0 spiro atoms. The molecule has 1 fully saturated rings. The first kappa shape index (κ1) is 26.4. The van der Waals surface area contributed by atoms with Gasteiger partial charge in [-0.3, -0.25) is 9.89 Å². The number of guanidine groups is 1. The van der Waals surface area contributed by atoms with Crippen LogP contribution in [0.25, 0.3) is 0 Å². The fourth-order valence-electron chi connectivity index (χ4n) is 3.88. The SMILES string of the molecule is CCNC(=NCCCCN1CCN(c2ccccc2)CC1)NCCn1cnnc1CC.I. The number of benzene rings is 1. The Kier molecular flexibility index (Phi) is 12.4. The first-order chi connectivity index (χ1) is 15.3. The van der Waals surface area contributed by atoms with Crippen LogP contribution in [0, 0.1) is 0 Å². The zero-order chi connectivity index (χ0) is 21.7. The molecule has 0 saturated carbocycles. The van der Waals surface area contributed by atoms with Crippen molar-refractivity contribution in [1.29, 1.82) is 0 Å². The average Bonchev–Trinajstić information content (AvgIpc) is 3.27. The van der Waals surface area contributed by atoms with Gasteiger partial charge in [0.1, 0.15) is 12.2 Å². The van der Waals surface area contributed by atoms with Crippen LogP contribution < -0.4 is 15.5 Å². The third-order valence-corrected chi connectivity index (χ3v) is 5.65. The molecule has 178 valence electrons. The van der Waals surface area contributed by atoms with Crippen LogP contribution in [-0.4, -0.2) is 78.0 Å². The number of piperazine rings is 1. The highest BCUT2D eigenvalue weighted by atomic mass is 127. The Hall–Kier alpha value is -1.88. The van der Waals surface area contributed by atoms with Crippen LogP contribution >= 0.6 is 24.0 Å². The molecule has 32 heavy (non-hydrogen) atoms. The standard InChI is InChI=1S/C23H38N8.HI/c1-3-22-28-27-20-31(22)15-13-26-23(24-4-2)25-12-8-9-14-29-16-18-30(19-17-29)21-10-6-5-7-11-21;/h5-7,10-11,20H,3-4,8-9,12-19H2,1-2H3,(H2,24,25,26);1H. The highest BCUT2D eigenvalue weighted by Crippen LogP contribution is 2.15. The molecule has 3 rings (SSSR count). The topological polar surface area (TPSA) is 73.6 Å². The van der Waals surface area contributed by atoms with E-state index < -0.39 is 0 Å². The van der Waals surface area contributed by atoms with Crippen LogP contribution in [-0.2, 0) is 13.0 Å².